The number of allylic oxidation sites excluding steroid dienone is 2. The molecule has 5 fully saturated rings. The second kappa shape index (κ2) is 34.6. The lowest BCUT2D eigenvalue weighted by Gasteiger charge is -2.51. The van der Waals surface area contributed by atoms with Crippen molar-refractivity contribution in [1.82, 2.24) is 26.6 Å². The lowest BCUT2D eigenvalue weighted by molar-refractivity contribution is -0.367. The molecule has 500 valence electrons. The number of unbranched alkanes of at least 4 members (excludes halogenated alkanes) is 5. The number of carbonyl (C=O) groups is 5. The maximum absolute atomic E-state index is 13.9. The van der Waals surface area contributed by atoms with Crippen LogP contribution in [0, 0.1) is 0 Å². The van der Waals surface area contributed by atoms with Crippen LogP contribution >= 0.6 is 0 Å². The lowest BCUT2D eigenvalue weighted by Crippen LogP contribution is -2.72. The summed E-state index contributed by atoms with van der Waals surface area (Å²) >= 11 is 0. The second-order valence-electron chi connectivity index (χ2n) is 22.2. The fraction of sp³-hybridized carbons (Fsp3) is 0.768. The van der Waals surface area contributed by atoms with Crippen LogP contribution in [0.4, 0.5) is 0 Å². The van der Waals surface area contributed by atoms with Gasteiger partial charge in [0.05, 0.1) is 39.6 Å². The summed E-state index contributed by atoms with van der Waals surface area (Å²) < 4.78 is 59.8. The Labute approximate surface area is 507 Å². The molecule has 5 amide bonds. The Bertz CT molecular complexity index is 2400. The summed E-state index contributed by atoms with van der Waals surface area (Å²) in [5.41, 5.74) is 0.0576. The molecule has 17 N–H and O–H groups in total. The average molecular weight is 1260 g/mol. The monoisotopic (exact) mass is 1260 g/mol. The van der Waals surface area contributed by atoms with Crippen LogP contribution in [0.25, 0.3) is 0 Å². The number of hydrogen-bond acceptors (Lipinski definition) is 27. The molecule has 0 aliphatic carbocycles. The highest BCUT2D eigenvalue weighted by Crippen LogP contribution is 2.36. The van der Waals surface area contributed by atoms with E-state index in [9.17, 15) is 85.3 Å². The van der Waals surface area contributed by atoms with Crippen LogP contribution < -0.4 is 31.3 Å². The zero-order valence-electron chi connectivity index (χ0n) is 49.6. The molecule has 0 spiro atoms. The molecule has 0 saturated carbocycles. The molecule has 5 aliphatic rings. The van der Waals surface area contributed by atoms with E-state index in [4.69, 9.17) is 47.4 Å². The Balaban J connectivity index is 1.18. The number of rotatable bonds is 29. The van der Waals surface area contributed by atoms with E-state index in [1.807, 2.05) is 0 Å². The Morgan fingerprint density at radius 1 is 0.455 bits per heavy atom. The fourth-order valence-corrected chi connectivity index (χ4v) is 11.1. The zero-order valence-corrected chi connectivity index (χ0v) is 49.6. The van der Waals surface area contributed by atoms with Crippen LogP contribution in [0.2, 0.25) is 0 Å². The Hall–Kier alpha value is -4.73. The van der Waals surface area contributed by atoms with Crippen molar-refractivity contribution in [2.75, 3.05) is 39.6 Å². The van der Waals surface area contributed by atoms with Gasteiger partial charge in [0.15, 0.2) is 31.5 Å². The molecule has 13 unspecified atom stereocenters. The number of hydrogen-bond donors (Lipinski definition) is 17. The highest BCUT2D eigenvalue weighted by Gasteiger charge is 2.58. The predicted molar refractivity (Wildman–Crippen MR) is 297 cm³/mol. The van der Waals surface area contributed by atoms with Crippen molar-refractivity contribution >= 4 is 29.5 Å². The summed E-state index contributed by atoms with van der Waals surface area (Å²) in [5.74, 6) is -3.54. The van der Waals surface area contributed by atoms with E-state index in [0.29, 0.717) is 18.8 Å². The molecule has 6 rings (SSSR count). The van der Waals surface area contributed by atoms with Crippen molar-refractivity contribution in [3.63, 3.8) is 0 Å². The van der Waals surface area contributed by atoms with Crippen LogP contribution in [0.3, 0.4) is 0 Å². The van der Waals surface area contributed by atoms with Gasteiger partial charge in [-0.15, -0.1) is 0 Å². The molecule has 0 bridgehead atoms. The molecule has 88 heavy (non-hydrogen) atoms. The summed E-state index contributed by atoms with van der Waals surface area (Å²) in [6.07, 6.45) is -24.4. The number of nitrogens with one attached hydrogen (secondary N) is 5. The Morgan fingerprint density at radius 3 is 1.24 bits per heavy atom. The molecule has 32 nitrogen and oxygen atoms in total. The minimum absolute atomic E-state index is 0.0576. The first-order chi connectivity index (χ1) is 42.0. The van der Waals surface area contributed by atoms with E-state index < -0.39 is 216 Å². The Morgan fingerprint density at radius 2 is 0.830 bits per heavy atom. The summed E-state index contributed by atoms with van der Waals surface area (Å²) in [6, 6.07) is -2.18. The number of benzene rings is 1. The van der Waals surface area contributed by atoms with Crippen molar-refractivity contribution in [1.29, 1.82) is 0 Å². The van der Waals surface area contributed by atoms with Crippen molar-refractivity contribution in [3.8, 4) is 5.75 Å². The molecule has 1 aromatic rings. The maximum atomic E-state index is 13.9. The standard InChI is InChI=1S/C56H89N5O27/c1-6-7-8-9-10-11-12-13-14-18-79-30-17-15-16-29(19-30)51(77)61-37-42(72)41(71)31(20-62)81-53(37)86-48-33(22-64)83-55(39(44(48)74)59-27(4)69)88-50-35(24-66)84-56(40(46(50)76)60-28(5)70)87-49-34(23-65)82-54(38(45(49)75)58-26(3)68)85-47-32(21-63)80-52(78)36(43(47)73)57-25(2)67/h11-12,15-17,19,31-50,52-56,62-66,71-76,78H,6-10,13-14,18,20-24H2,1-5H3,(H,57,67)(H,58,68)(H,59,69)(H,60,70)(H,61,77)/b12-11-/t31?,32?,33?,34?,35?,36-,37-,38?,39?,40-,41+,42+,43+,44?,45?,46+,47?,48+,49+,50?,52+,53?,54?,55-,56-/m0/s1. The summed E-state index contributed by atoms with van der Waals surface area (Å²) in [5, 5.41) is 145. The van der Waals surface area contributed by atoms with Crippen LogP contribution in [-0.4, -0.2) is 284 Å². The quantitative estimate of drug-likeness (QED) is 0.0262. The van der Waals surface area contributed by atoms with Crippen molar-refractivity contribution < 1.29 is 133 Å². The van der Waals surface area contributed by atoms with Crippen LogP contribution in [0.15, 0.2) is 36.4 Å². The van der Waals surface area contributed by atoms with Gasteiger partial charge in [-0.05, 0) is 43.9 Å². The highest BCUT2D eigenvalue weighted by molar-refractivity contribution is 5.94. The third kappa shape index (κ3) is 18.7. The fourth-order valence-electron chi connectivity index (χ4n) is 11.1. The number of amides is 5. The van der Waals surface area contributed by atoms with E-state index in [2.05, 4.69) is 45.7 Å². The molecule has 0 radical (unpaired) electrons. The molecular weight excluding hydrogens is 1170 g/mol. The molecule has 32 heteroatoms. The third-order valence-corrected chi connectivity index (χ3v) is 15.5. The van der Waals surface area contributed by atoms with E-state index in [1.165, 1.54) is 25.0 Å². The summed E-state index contributed by atoms with van der Waals surface area (Å²) in [7, 11) is 0. The van der Waals surface area contributed by atoms with Gasteiger partial charge in [0.25, 0.3) is 5.91 Å². The van der Waals surface area contributed by atoms with Crippen LogP contribution in [-0.2, 0) is 61.8 Å². The van der Waals surface area contributed by atoms with E-state index >= 15 is 0 Å². The molecule has 0 aromatic heterocycles. The van der Waals surface area contributed by atoms with E-state index in [-0.39, 0.29) is 5.56 Å². The number of carbonyl (C=O) groups excluding carboxylic acids is 5. The van der Waals surface area contributed by atoms with Crippen molar-refractivity contribution in [2.24, 2.45) is 0 Å². The molecule has 5 aliphatic heterocycles. The molecule has 5 saturated heterocycles. The topological polar surface area (TPSA) is 481 Å². The van der Waals surface area contributed by atoms with Gasteiger partial charge in [-0.3, -0.25) is 24.0 Å². The SMILES string of the molecule is CCCCCC/C=C\CCCOc1cccc(C(=O)N[C@@H]2C(O[C@@H]3C(CO)O[C@@H](OC4C(CO)O[C@@H](O[C@@H]5C(CO)OC(OC6C(CO)O[C@@H](O)[C@@H](NC(C)=O)[C@H]6O)C(NC(C)=O)C5O)[C@@H](NC(C)=O)[C@H]4O)C(NC(C)=O)C3O)OC(CO)[C@@H](O)[C@@H]2O)c1. The molecule has 25 atom stereocenters. The molecular formula is C56H89N5O27. The maximum Gasteiger partial charge on any atom is 0.251 e. The predicted octanol–water partition coefficient (Wildman–Crippen LogP) is -6.23. The Kier molecular flexibility index (Phi) is 28.5. The third-order valence-electron chi connectivity index (χ3n) is 15.5. The normalized spacial score (nSPS) is 37.8. The first-order valence-electron chi connectivity index (χ1n) is 29.5. The number of aliphatic hydroxyl groups excluding tert-OH is 12. The molecule has 5 heterocycles. The van der Waals surface area contributed by atoms with Gasteiger partial charge in [-0.25, -0.2) is 0 Å². The first-order valence-corrected chi connectivity index (χ1v) is 29.5. The van der Waals surface area contributed by atoms with E-state index in [1.54, 1.807) is 12.1 Å². The van der Waals surface area contributed by atoms with Gasteiger partial charge in [-0.2, -0.15) is 0 Å². The van der Waals surface area contributed by atoms with Gasteiger partial charge in [0.2, 0.25) is 23.6 Å². The first kappa shape index (κ1) is 72.3. The van der Waals surface area contributed by atoms with Gasteiger partial charge in [0.1, 0.15) is 128 Å². The minimum Gasteiger partial charge on any atom is -0.494 e. The second-order valence-corrected chi connectivity index (χ2v) is 22.2. The summed E-state index contributed by atoms with van der Waals surface area (Å²) in [6.45, 7) is 2.01. The van der Waals surface area contributed by atoms with E-state index in [0.717, 1.165) is 53.4 Å². The van der Waals surface area contributed by atoms with Gasteiger partial charge in [-0.1, -0.05) is 44.4 Å². The lowest BCUT2D eigenvalue weighted by atomic mass is 9.93. The smallest absolute Gasteiger partial charge is 0.251 e. The van der Waals surface area contributed by atoms with Gasteiger partial charge >= 0.3 is 0 Å². The highest BCUT2D eigenvalue weighted by atomic mass is 16.8. The van der Waals surface area contributed by atoms with Gasteiger partial charge in [0, 0.05) is 33.3 Å². The number of ether oxygens (including phenoxy) is 10. The largest absolute Gasteiger partial charge is 0.494 e. The van der Waals surface area contributed by atoms with Crippen LogP contribution in [0.1, 0.15) is 89.9 Å². The average Bonchev–Trinajstić information content (AvgIpc) is 1.74. The number of aliphatic hydroxyl groups is 12. The summed E-state index contributed by atoms with van der Waals surface area (Å²) in [4.78, 5) is 64.1. The van der Waals surface area contributed by atoms with Crippen molar-refractivity contribution in [3.05, 3.63) is 42.0 Å². The zero-order chi connectivity index (χ0) is 64.5. The van der Waals surface area contributed by atoms with Gasteiger partial charge < -0.3 is 135 Å². The minimum atomic E-state index is -2.03. The van der Waals surface area contributed by atoms with Crippen molar-refractivity contribution in [2.45, 2.75) is 233 Å². The molecule has 1 aromatic carbocycles. The van der Waals surface area contributed by atoms with Crippen LogP contribution in [0.5, 0.6) is 5.75 Å².